The number of benzene rings is 1. The quantitative estimate of drug-likeness (QED) is 0.475. The number of aliphatic hydroxyl groups is 1. The van der Waals surface area contributed by atoms with Gasteiger partial charge in [-0.1, -0.05) is 30.3 Å². The van der Waals surface area contributed by atoms with Crippen LogP contribution in [-0.4, -0.2) is 17.2 Å². The summed E-state index contributed by atoms with van der Waals surface area (Å²) in [5.74, 6) is -1.89. The van der Waals surface area contributed by atoms with Gasteiger partial charge in [0.2, 0.25) is 0 Å². The Kier molecular flexibility index (Phi) is 5.36. The van der Waals surface area contributed by atoms with Crippen LogP contribution in [0.4, 0.5) is 26.3 Å². The summed E-state index contributed by atoms with van der Waals surface area (Å²) in [5, 5.41) is 23.0. The van der Waals surface area contributed by atoms with Gasteiger partial charge in [0.25, 0.3) is 11.5 Å². The minimum Gasteiger partial charge on any atom is -0.619 e. The van der Waals surface area contributed by atoms with E-state index in [-0.39, 0.29) is 10.9 Å². The normalized spacial score (nSPS) is 14.5. The molecule has 0 radical (unpaired) electrons. The molecular weight excluding hydrogens is 382 g/mol. The van der Waals surface area contributed by atoms with Crippen LogP contribution >= 0.6 is 0 Å². The largest absolute Gasteiger partial charge is 0.619 e. The van der Waals surface area contributed by atoms with Crippen molar-refractivity contribution in [3.63, 3.8) is 0 Å². The lowest BCUT2D eigenvalue weighted by molar-refractivity contribution is -0.607. The summed E-state index contributed by atoms with van der Waals surface area (Å²) in [6.07, 6.45) is -9.36. The molecule has 5 nitrogen and oxygen atoms in total. The molecule has 1 atom stereocenters. The van der Waals surface area contributed by atoms with Crippen molar-refractivity contribution in [1.82, 2.24) is 5.32 Å². The van der Waals surface area contributed by atoms with Crippen molar-refractivity contribution in [3.05, 3.63) is 70.7 Å². The van der Waals surface area contributed by atoms with E-state index in [0.29, 0.717) is 12.3 Å². The first kappa shape index (κ1) is 20.5. The molecule has 2 rings (SSSR count). The number of carbonyl (C=O) groups excluding carboxylic acids is 1. The van der Waals surface area contributed by atoms with Crippen LogP contribution in [-0.2, 0) is 23.1 Å². The van der Waals surface area contributed by atoms with Crippen LogP contribution < -0.4 is 10.0 Å². The molecule has 11 heteroatoms. The summed E-state index contributed by atoms with van der Waals surface area (Å²) in [7, 11) is 0. The molecular formula is C16H12F6N2O3. The van der Waals surface area contributed by atoms with Gasteiger partial charge < -0.3 is 15.6 Å². The van der Waals surface area contributed by atoms with Gasteiger partial charge in [0, 0.05) is 17.7 Å². The zero-order valence-corrected chi connectivity index (χ0v) is 13.3. The van der Waals surface area contributed by atoms with Crippen LogP contribution in [0, 0.1) is 5.21 Å². The average Bonchev–Trinajstić information content (AvgIpc) is 2.57. The maximum atomic E-state index is 13.3. The van der Waals surface area contributed by atoms with E-state index in [1.54, 1.807) is 5.32 Å². The van der Waals surface area contributed by atoms with E-state index in [4.69, 9.17) is 0 Å². The number of halogens is 6. The molecule has 0 aliphatic carbocycles. The third-order valence-electron chi connectivity index (χ3n) is 3.61. The number of carbonyl (C=O) groups is 1. The van der Waals surface area contributed by atoms with E-state index in [1.165, 1.54) is 18.2 Å². The molecule has 1 aromatic heterocycles. The highest BCUT2D eigenvalue weighted by Crippen LogP contribution is 2.39. The Labute approximate surface area is 148 Å². The Bertz CT molecular complexity index is 823. The smallest absolute Gasteiger partial charge is 0.430 e. The molecule has 0 aliphatic heterocycles. The van der Waals surface area contributed by atoms with Crippen molar-refractivity contribution >= 4 is 5.91 Å². The zero-order valence-electron chi connectivity index (χ0n) is 13.3. The highest BCUT2D eigenvalue weighted by molar-refractivity contribution is 5.87. The van der Waals surface area contributed by atoms with Crippen molar-refractivity contribution in [3.8, 4) is 0 Å². The van der Waals surface area contributed by atoms with Gasteiger partial charge in [-0.15, -0.1) is 0 Å². The Morgan fingerprint density at radius 1 is 1.04 bits per heavy atom. The highest BCUT2D eigenvalue weighted by Gasteiger charge is 2.60. The van der Waals surface area contributed by atoms with Gasteiger partial charge in [0.1, 0.15) is 5.56 Å². The summed E-state index contributed by atoms with van der Waals surface area (Å²) < 4.78 is 77.9. The summed E-state index contributed by atoms with van der Waals surface area (Å²) in [4.78, 5) is 12.1. The first-order chi connectivity index (χ1) is 12.4. The third-order valence-corrected chi connectivity index (χ3v) is 3.61. The third kappa shape index (κ3) is 4.30. The molecule has 1 aromatic carbocycles. The lowest BCUT2D eigenvalue weighted by Crippen LogP contribution is -2.54. The molecule has 0 spiro atoms. The number of nitrogens with zero attached hydrogens (tertiary/aromatic N) is 1. The molecule has 2 N–H and O–H groups in total. The van der Waals surface area contributed by atoms with Gasteiger partial charge >= 0.3 is 12.4 Å². The van der Waals surface area contributed by atoms with Crippen LogP contribution in [0.25, 0.3) is 0 Å². The topological polar surface area (TPSA) is 76.3 Å². The summed E-state index contributed by atoms with van der Waals surface area (Å²) in [6.45, 7) is -0.837. The van der Waals surface area contributed by atoms with Gasteiger partial charge in [-0.05, 0) is 6.07 Å². The predicted octanol–water partition coefficient (Wildman–Crippen LogP) is 2.41. The SMILES string of the molecule is O=C(NCc1cc(C(F)(F)F)c[n+]([O-])c1)[C@@](O)(c1ccccc1)C(F)(F)F. The monoisotopic (exact) mass is 394 g/mol. The van der Waals surface area contributed by atoms with Crippen molar-refractivity contribution in [2.75, 3.05) is 0 Å². The summed E-state index contributed by atoms with van der Waals surface area (Å²) >= 11 is 0. The maximum absolute atomic E-state index is 13.3. The van der Waals surface area contributed by atoms with Gasteiger partial charge in [-0.25, -0.2) is 0 Å². The standard InChI is InChI=1S/C16H12F6N2O3/c17-15(18,19)12-6-10(8-24(27)9-12)7-23-13(25)14(26,16(20,21)22)11-4-2-1-3-5-11/h1-6,8-9,26H,7H2,(H,23,25)/t14-/m0/s1. The molecule has 2 aromatic rings. The predicted molar refractivity (Wildman–Crippen MR) is 78.6 cm³/mol. The fourth-order valence-corrected chi connectivity index (χ4v) is 2.28. The number of hydrogen-bond acceptors (Lipinski definition) is 3. The van der Waals surface area contributed by atoms with Crippen LogP contribution in [0.5, 0.6) is 0 Å². The maximum Gasteiger partial charge on any atom is 0.430 e. The van der Waals surface area contributed by atoms with Crippen LogP contribution in [0.3, 0.4) is 0 Å². The molecule has 0 bridgehead atoms. The van der Waals surface area contributed by atoms with Crippen molar-refractivity contribution < 1.29 is 41.0 Å². The Morgan fingerprint density at radius 3 is 2.15 bits per heavy atom. The number of aromatic nitrogens is 1. The molecule has 146 valence electrons. The second-order valence-electron chi connectivity index (χ2n) is 5.55. The van der Waals surface area contributed by atoms with Crippen LogP contribution in [0.1, 0.15) is 16.7 Å². The van der Waals surface area contributed by atoms with E-state index in [1.807, 2.05) is 0 Å². The first-order valence-corrected chi connectivity index (χ1v) is 7.28. The van der Waals surface area contributed by atoms with Crippen molar-refractivity contribution in [2.24, 2.45) is 0 Å². The molecule has 0 saturated carbocycles. The van der Waals surface area contributed by atoms with Crippen LogP contribution in [0.2, 0.25) is 0 Å². The summed E-state index contributed by atoms with van der Waals surface area (Å²) in [6, 6.07) is 5.97. The lowest BCUT2D eigenvalue weighted by Gasteiger charge is -2.29. The van der Waals surface area contributed by atoms with Gasteiger partial charge in [-0.2, -0.15) is 31.1 Å². The number of alkyl halides is 6. The Balaban J connectivity index is 2.29. The fraction of sp³-hybridized carbons (Fsp3) is 0.250. The number of amides is 1. The van der Waals surface area contributed by atoms with E-state index in [0.717, 1.165) is 12.1 Å². The highest BCUT2D eigenvalue weighted by atomic mass is 19.4. The van der Waals surface area contributed by atoms with E-state index < -0.39 is 47.1 Å². The van der Waals surface area contributed by atoms with Crippen molar-refractivity contribution in [2.45, 2.75) is 24.5 Å². The molecule has 0 unspecified atom stereocenters. The minimum atomic E-state index is -5.40. The first-order valence-electron chi connectivity index (χ1n) is 7.28. The number of pyridine rings is 1. The molecule has 27 heavy (non-hydrogen) atoms. The van der Waals surface area contributed by atoms with E-state index >= 15 is 0 Å². The molecule has 0 fully saturated rings. The van der Waals surface area contributed by atoms with Crippen LogP contribution in [0.15, 0.2) is 48.8 Å². The molecule has 1 amide bonds. The molecule has 1 heterocycles. The van der Waals surface area contributed by atoms with Gasteiger partial charge in [0.05, 0.1) is 0 Å². The van der Waals surface area contributed by atoms with E-state index in [2.05, 4.69) is 0 Å². The van der Waals surface area contributed by atoms with Gasteiger partial charge in [-0.3, -0.25) is 4.79 Å². The fourth-order valence-electron chi connectivity index (χ4n) is 2.28. The molecule has 0 saturated heterocycles. The van der Waals surface area contributed by atoms with Crippen molar-refractivity contribution in [1.29, 1.82) is 0 Å². The zero-order chi connectivity index (χ0) is 20.5. The number of rotatable bonds is 4. The summed E-state index contributed by atoms with van der Waals surface area (Å²) in [5.41, 5.74) is -6.41. The van der Waals surface area contributed by atoms with E-state index in [9.17, 15) is 41.5 Å². The minimum absolute atomic E-state index is 0.183. The lowest BCUT2D eigenvalue weighted by atomic mass is 9.92. The second-order valence-corrected chi connectivity index (χ2v) is 5.55. The molecule has 0 aliphatic rings. The Morgan fingerprint density at radius 2 is 1.63 bits per heavy atom. The Hall–Kier alpha value is -2.82. The number of nitrogens with one attached hydrogen (secondary N) is 1. The average molecular weight is 394 g/mol. The number of hydrogen-bond donors (Lipinski definition) is 2. The van der Waals surface area contributed by atoms with Gasteiger partial charge in [0.15, 0.2) is 12.4 Å². The second kappa shape index (κ2) is 7.06.